The third-order valence-corrected chi connectivity index (χ3v) is 6.74. The highest BCUT2D eigenvalue weighted by atomic mass is 16.5. The number of hydrogen-bond acceptors (Lipinski definition) is 3. The fraction of sp³-hybridized carbons (Fsp3) is 0.682. The number of nitrogens with zero attached hydrogens (tertiary/aromatic N) is 1. The van der Waals surface area contributed by atoms with Gasteiger partial charge in [0.1, 0.15) is 0 Å². The van der Waals surface area contributed by atoms with Crippen LogP contribution in [0.2, 0.25) is 0 Å². The van der Waals surface area contributed by atoms with Gasteiger partial charge in [-0.05, 0) is 49.0 Å². The molecule has 148 valence electrons. The van der Waals surface area contributed by atoms with Crippen molar-refractivity contribution < 1.29 is 9.53 Å². The van der Waals surface area contributed by atoms with E-state index in [0.717, 1.165) is 69.1 Å². The van der Waals surface area contributed by atoms with Gasteiger partial charge in [-0.3, -0.25) is 4.90 Å². The van der Waals surface area contributed by atoms with Crippen LogP contribution in [0, 0.1) is 17.8 Å². The van der Waals surface area contributed by atoms with Crippen molar-refractivity contribution in [3.63, 3.8) is 0 Å². The molecule has 0 radical (unpaired) electrons. The number of morpholine rings is 1. The molecule has 0 aromatic heterocycles. The molecule has 1 heterocycles. The first kappa shape index (κ1) is 18.8. The highest BCUT2D eigenvalue weighted by Crippen LogP contribution is 2.49. The van der Waals surface area contributed by atoms with Gasteiger partial charge in [0.2, 0.25) is 0 Å². The third kappa shape index (κ3) is 5.02. The normalized spacial score (nSPS) is 28.8. The maximum Gasteiger partial charge on any atom is 0.315 e. The SMILES string of the molecule is O=C(NCCC1CC2CCC1C2)NC(CN1CCOCC1)c1ccccc1. The van der Waals surface area contributed by atoms with Gasteiger partial charge in [0.05, 0.1) is 19.3 Å². The molecule has 0 spiro atoms. The first-order chi connectivity index (χ1) is 13.3. The summed E-state index contributed by atoms with van der Waals surface area (Å²) in [6.07, 6.45) is 6.81. The minimum absolute atomic E-state index is 0.00629. The summed E-state index contributed by atoms with van der Waals surface area (Å²) in [5, 5.41) is 6.32. The second-order valence-corrected chi connectivity index (χ2v) is 8.50. The van der Waals surface area contributed by atoms with Crippen molar-refractivity contribution in [2.75, 3.05) is 39.4 Å². The van der Waals surface area contributed by atoms with E-state index < -0.39 is 0 Å². The first-order valence-electron chi connectivity index (χ1n) is 10.7. The van der Waals surface area contributed by atoms with Crippen LogP contribution in [-0.4, -0.2) is 50.3 Å². The topological polar surface area (TPSA) is 53.6 Å². The highest BCUT2D eigenvalue weighted by molar-refractivity contribution is 5.74. The Balaban J connectivity index is 1.26. The molecule has 4 atom stereocenters. The van der Waals surface area contributed by atoms with Crippen LogP contribution in [0.3, 0.4) is 0 Å². The number of amides is 2. The maximum atomic E-state index is 12.5. The van der Waals surface area contributed by atoms with Crippen LogP contribution in [0.25, 0.3) is 0 Å². The summed E-state index contributed by atoms with van der Waals surface area (Å²) in [7, 11) is 0. The van der Waals surface area contributed by atoms with E-state index in [0.29, 0.717) is 0 Å². The van der Waals surface area contributed by atoms with Crippen molar-refractivity contribution >= 4 is 6.03 Å². The van der Waals surface area contributed by atoms with Crippen molar-refractivity contribution in [2.45, 2.75) is 38.1 Å². The van der Waals surface area contributed by atoms with Gasteiger partial charge < -0.3 is 15.4 Å². The van der Waals surface area contributed by atoms with E-state index in [2.05, 4.69) is 27.7 Å². The fourth-order valence-corrected chi connectivity index (χ4v) is 5.27. The molecule has 5 heteroatoms. The Morgan fingerprint density at radius 2 is 1.96 bits per heavy atom. The molecule has 2 bridgehead atoms. The molecule has 3 aliphatic rings. The summed E-state index contributed by atoms with van der Waals surface area (Å²) in [5.74, 6) is 2.74. The zero-order valence-electron chi connectivity index (χ0n) is 16.2. The first-order valence-corrected chi connectivity index (χ1v) is 10.7. The fourth-order valence-electron chi connectivity index (χ4n) is 5.27. The molecular formula is C22H33N3O2. The van der Waals surface area contributed by atoms with Crippen molar-refractivity contribution in [1.82, 2.24) is 15.5 Å². The Labute approximate surface area is 162 Å². The van der Waals surface area contributed by atoms with Gasteiger partial charge in [-0.15, -0.1) is 0 Å². The summed E-state index contributed by atoms with van der Waals surface area (Å²) in [5.41, 5.74) is 1.16. The van der Waals surface area contributed by atoms with Crippen LogP contribution in [0.1, 0.15) is 43.7 Å². The second-order valence-electron chi connectivity index (χ2n) is 8.50. The number of rotatable bonds is 7. The van der Waals surface area contributed by atoms with E-state index in [4.69, 9.17) is 4.74 Å². The van der Waals surface area contributed by atoms with E-state index in [-0.39, 0.29) is 12.1 Å². The molecule has 2 N–H and O–H groups in total. The molecule has 3 fully saturated rings. The smallest absolute Gasteiger partial charge is 0.315 e. The van der Waals surface area contributed by atoms with Crippen molar-refractivity contribution in [3.05, 3.63) is 35.9 Å². The molecule has 4 rings (SSSR count). The molecule has 2 aliphatic carbocycles. The van der Waals surface area contributed by atoms with E-state index in [1.54, 1.807) is 0 Å². The number of ether oxygens (including phenoxy) is 1. The molecule has 2 amide bonds. The lowest BCUT2D eigenvalue weighted by Crippen LogP contribution is -2.45. The van der Waals surface area contributed by atoms with Crippen LogP contribution >= 0.6 is 0 Å². The van der Waals surface area contributed by atoms with Crippen molar-refractivity contribution in [3.8, 4) is 0 Å². The minimum atomic E-state index is -0.0414. The van der Waals surface area contributed by atoms with Gasteiger partial charge in [-0.25, -0.2) is 4.79 Å². The second kappa shape index (κ2) is 9.07. The lowest BCUT2D eigenvalue weighted by atomic mass is 9.86. The number of urea groups is 1. The van der Waals surface area contributed by atoms with E-state index in [1.165, 1.54) is 25.7 Å². The zero-order valence-corrected chi connectivity index (χ0v) is 16.2. The molecule has 1 aliphatic heterocycles. The molecule has 27 heavy (non-hydrogen) atoms. The Hall–Kier alpha value is -1.59. The number of nitrogens with one attached hydrogen (secondary N) is 2. The summed E-state index contributed by atoms with van der Waals surface area (Å²) in [6, 6.07) is 10.3. The van der Waals surface area contributed by atoms with Gasteiger partial charge in [0, 0.05) is 26.2 Å². The average molecular weight is 372 g/mol. The van der Waals surface area contributed by atoms with E-state index in [1.807, 2.05) is 18.2 Å². The average Bonchev–Trinajstić information content (AvgIpc) is 3.32. The maximum absolute atomic E-state index is 12.5. The minimum Gasteiger partial charge on any atom is -0.379 e. The standard InChI is InChI=1S/C22H33N3O2/c26-22(23-9-8-20-15-17-6-7-19(20)14-17)24-21(18-4-2-1-3-5-18)16-25-10-12-27-13-11-25/h1-5,17,19-21H,6-16H2,(H2,23,24,26). The highest BCUT2D eigenvalue weighted by Gasteiger charge is 2.38. The molecule has 4 unspecified atom stereocenters. The predicted octanol–water partition coefficient (Wildman–Crippen LogP) is 3.19. The monoisotopic (exact) mass is 371 g/mol. The summed E-state index contributed by atoms with van der Waals surface area (Å²) >= 11 is 0. The lowest BCUT2D eigenvalue weighted by molar-refractivity contribution is 0.0340. The Kier molecular flexibility index (Phi) is 6.30. The summed E-state index contributed by atoms with van der Waals surface area (Å²) in [4.78, 5) is 14.9. The Bertz CT molecular complexity index is 603. The molecular weight excluding hydrogens is 338 g/mol. The van der Waals surface area contributed by atoms with E-state index >= 15 is 0 Å². The van der Waals surface area contributed by atoms with Gasteiger partial charge in [-0.2, -0.15) is 0 Å². The van der Waals surface area contributed by atoms with Crippen LogP contribution in [0.4, 0.5) is 4.79 Å². The molecule has 1 aromatic rings. The molecule has 1 saturated heterocycles. The largest absolute Gasteiger partial charge is 0.379 e. The van der Waals surface area contributed by atoms with Crippen LogP contribution in [0.15, 0.2) is 30.3 Å². The van der Waals surface area contributed by atoms with Crippen molar-refractivity contribution in [2.24, 2.45) is 17.8 Å². The number of benzene rings is 1. The quantitative estimate of drug-likeness (QED) is 0.774. The predicted molar refractivity (Wildman–Crippen MR) is 107 cm³/mol. The summed E-state index contributed by atoms with van der Waals surface area (Å²) in [6.45, 7) is 5.02. The number of hydrogen-bond donors (Lipinski definition) is 2. The van der Waals surface area contributed by atoms with Crippen LogP contribution < -0.4 is 10.6 Å². The van der Waals surface area contributed by atoms with Gasteiger partial charge in [-0.1, -0.05) is 36.8 Å². The van der Waals surface area contributed by atoms with E-state index in [9.17, 15) is 4.79 Å². The molecule has 5 nitrogen and oxygen atoms in total. The lowest BCUT2D eigenvalue weighted by Gasteiger charge is -2.31. The Morgan fingerprint density at radius 3 is 2.67 bits per heavy atom. The summed E-state index contributed by atoms with van der Waals surface area (Å²) < 4.78 is 5.45. The van der Waals surface area contributed by atoms with Gasteiger partial charge in [0.25, 0.3) is 0 Å². The number of carbonyl (C=O) groups is 1. The van der Waals surface area contributed by atoms with Crippen LogP contribution in [0.5, 0.6) is 0 Å². The molecule has 2 saturated carbocycles. The molecule has 1 aromatic carbocycles. The van der Waals surface area contributed by atoms with Crippen LogP contribution in [-0.2, 0) is 4.74 Å². The number of carbonyl (C=O) groups excluding carboxylic acids is 1. The third-order valence-electron chi connectivity index (χ3n) is 6.74. The zero-order chi connectivity index (χ0) is 18.5. The van der Waals surface area contributed by atoms with Crippen molar-refractivity contribution in [1.29, 1.82) is 0 Å². The van der Waals surface area contributed by atoms with Gasteiger partial charge in [0.15, 0.2) is 0 Å². The Morgan fingerprint density at radius 1 is 1.15 bits per heavy atom. The number of fused-ring (bicyclic) bond motifs is 2. The van der Waals surface area contributed by atoms with Gasteiger partial charge >= 0.3 is 6.03 Å².